The molecule has 4 rings (SSSR count). The maximum Gasteiger partial charge on any atom is 0.239 e. The van der Waals surface area contributed by atoms with Crippen molar-refractivity contribution in [3.05, 3.63) is 77.0 Å². The number of para-hydroxylation sites is 2. The fourth-order valence-electron chi connectivity index (χ4n) is 3.14. The van der Waals surface area contributed by atoms with E-state index < -0.39 is 6.10 Å². The van der Waals surface area contributed by atoms with E-state index in [1.54, 1.807) is 12.3 Å². The molecule has 2 heterocycles. The topological polar surface area (TPSA) is 81.9 Å². The molecule has 1 amide bonds. The fourth-order valence-corrected chi connectivity index (χ4v) is 4.84. The van der Waals surface area contributed by atoms with E-state index in [2.05, 4.69) is 20.5 Å². The van der Waals surface area contributed by atoms with Crippen molar-refractivity contribution in [3.8, 4) is 11.4 Å². The molecular formula is C23H22ClN5O2S2. The Bertz CT molecular complexity index is 1200. The molecule has 7 nitrogen and oxygen atoms in total. The van der Waals surface area contributed by atoms with Gasteiger partial charge in [-0.2, -0.15) is 0 Å². The highest BCUT2D eigenvalue weighted by molar-refractivity contribution is 8.00. The number of aromatic nitrogens is 4. The van der Waals surface area contributed by atoms with Crippen LogP contribution in [-0.2, 0) is 4.79 Å². The number of carbonyl (C=O) groups is 1. The number of thiazole rings is 1. The SMILES string of the molecule is CCC(Sc1nnc(C(C)Oc2ccccc2Cl)n1-c1ccccc1)C(=O)Nc1nccs1. The van der Waals surface area contributed by atoms with E-state index in [1.165, 1.54) is 23.1 Å². The molecule has 0 radical (unpaired) electrons. The van der Waals surface area contributed by atoms with Crippen LogP contribution in [0, 0.1) is 0 Å². The number of halogens is 1. The fraction of sp³-hybridized carbons (Fsp3) is 0.217. The molecule has 2 aromatic heterocycles. The van der Waals surface area contributed by atoms with Crippen molar-refractivity contribution in [2.45, 2.75) is 36.8 Å². The van der Waals surface area contributed by atoms with Crippen molar-refractivity contribution in [2.75, 3.05) is 5.32 Å². The van der Waals surface area contributed by atoms with E-state index in [9.17, 15) is 4.79 Å². The molecule has 0 aliphatic rings. The number of hydrogen-bond acceptors (Lipinski definition) is 7. The Hall–Kier alpha value is -2.88. The molecule has 170 valence electrons. The number of carbonyl (C=O) groups excluding carboxylic acids is 1. The summed E-state index contributed by atoms with van der Waals surface area (Å²) in [6.07, 6.45) is 1.84. The van der Waals surface area contributed by atoms with Crippen LogP contribution < -0.4 is 10.1 Å². The lowest BCUT2D eigenvalue weighted by Crippen LogP contribution is -2.25. The van der Waals surface area contributed by atoms with Gasteiger partial charge in [0, 0.05) is 17.3 Å². The molecule has 0 saturated carbocycles. The van der Waals surface area contributed by atoms with Crippen LogP contribution >= 0.6 is 34.7 Å². The molecule has 2 unspecified atom stereocenters. The summed E-state index contributed by atoms with van der Waals surface area (Å²) in [5.41, 5.74) is 0.879. The Labute approximate surface area is 205 Å². The first-order valence-electron chi connectivity index (χ1n) is 10.4. The Morgan fingerprint density at radius 3 is 2.64 bits per heavy atom. The maximum atomic E-state index is 12.9. The van der Waals surface area contributed by atoms with Gasteiger partial charge in [-0.1, -0.05) is 60.6 Å². The quantitative estimate of drug-likeness (QED) is 0.283. The van der Waals surface area contributed by atoms with Crippen molar-refractivity contribution in [2.24, 2.45) is 0 Å². The highest BCUT2D eigenvalue weighted by Gasteiger charge is 2.26. The lowest BCUT2D eigenvalue weighted by Gasteiger charge is -2.18. The van der Waals surface area contributed by atoms with Crippen LogP contribution in [0.1, 0.15) is 32.2 Å². The summed E-state index contributed by atoms with van der Waals surface area (Å²) in [4.78, 5) is 17.0. The van der Waals surface area contributed by atoms with Crippen LogP contribution in [0.15, 0.2) is 71.3 Å². The average Bonchev–Trinajstić information content (AvgIpc) is 3.49. The molecule has 1 N–H and O–H groups in total. The molecule has 0 aliphatic heterocycles. The van der Waals surface area contributed by atoms with Crippen molar-refractivity contribution in [3.63, 3.8) is 0 Å². The third-order valence-corrected chi connectivity index (χ3v) is 7.06. The average molecular weight is 500 g/mol. The summed E-state index contributed by atoms with van der Waals surface area (Å²) in [5, 5.41) is 14.9. The van der Waals surface area contributed by atoms with Gasteiger partial charge in [0.05, 0.1) is 10.3 Å². The van der Waals surface area contributed by atoms with Crippen LogP contribution in [0.25, 0.3) is 5.69 Å². The second-order valence-corrected chi connectivity index (χ2v) is 9.52. The standard InChI is InChI=1S/C23H22ClN5O2S2/c1-3-19(21(30)26-22-25-13-14-32-22)33-23-28-27-20(29(23)16-9-5-4-6-10-16)15(2)31-18-12-8-7-11-17(18)24/h4-15,19H,3H2,1-2H3,(H,25,26,30). The van der Waals surface area contributed by atoms with Gasteiger partial charge in [-0.05, 0) is 37.6 Å². The van der Waals surface area contributed by atoms with Gasteiger partial charge >= 0.3 is 0 Å². The summed E-state index contributed by atoms with van der Waals surface area (Å²) < 4.78 is 8.03. The number of nitrogens with zero attached hydrogens (tertiary/aromatic N) is 4. The van der Waals surface area contributed by atoms with Gasteiger partial charge in [-0.25, -0.2) is 4.98 Å². The zero-order chi connectivity index (χ0) is 23.2. The predicted molar refractivity (Wildman–Crippen MR) is 133 cm³/mol. The van der Waals surface area contributed by atoms with Crippen molar-refractivity contribution >= 4 is 45.7 Å². The van der Waals surface area contributed by atoms with Crippen LogP contribution in [0.3, 0.4) is 0 Å². The minimum Gasteiger partial charge on any atom is -0.481 e. The molecular weight excluding hydrogens is 478 g/mol. The largest absolute Gasteiger partial charge is 0.481 e. The second-order valence-electron chi connectivity index (χ2n) is 7.04. The van der Waals surface area contributed by atoms with Crippen molar-refractivity contribution < 1.29 is 9.53 Å². The van der Waals surface area contributed by atoms with Crippen LogP contribution in [-0.4, -0.2) is 30.9 Å². The molecule has 0 fully saturated rings. The summed E-state index contributed by atoms with van der Waals surface area (Å²) in [6.45, 7) is 3.86. The lowest BCUT2D eigenvalue weighted by molar-refractivity contribution is -0.115. The lowest BCUT2D eigenvalue weighted by atomic mass is 10.3. The Kier molecular flexibility index (Phi) is 7.64. The molecule has 0 spiro atoms. The first kappa shape index (κ1) is 23.3. The molecule has 10 heteroatoms. The smallest absolute Gasteiger partial charge is 0.239 e. The van der Waals surface area contributed by atoms with Crippen LogP contribution in [0.5, 0.6) is 5.75 Å². The highest BCUT2D eigenvalue weighted by atomic mass is 35.5. The first-order valence-corrected chi connectivity index (χ1v) is 12.5. The second kappa shape index (κ2) is 10.8. The van der Waals surface area contributed by atoms with Crippen molar-refractivity contribution in [1.29, 1.82) is 0 Å². The number of amides is 1. The maximum absolute atomic E-state index is 12.9. The predicted octanol–water partition coefficient (Wildman–Crippen LogP) is 6.03. The number of rotatable bonds is 9. The summed E-state index contributed by atoms with van der Waals surface area (Å²) >= 11 is 9.02. The van der Waals surface area contributed by atoms with Gasteiger partial charge in [-0.3, -0.25) is 9.36 Å². The highest BCUT2D eigenvalue weighted by Crippen LogP contribution is 2.33. The molecule has 0 bridgehead atoms. The minimum atomic E-state index is -0.434. The third kappa shape index (κ3) is 5.55. The number of anilines is 1. The Balaban J connectivity index is 1.63. The third-order valence-electron chi connectivity index (χ3n) is 4.75. The van der Waals surface area contributed by atoms with E-state index in [0.717, 1.165) is 5.69 Å². The zero-order valence-electron chi connectivity index (χ0n) is 18.0. The van der Waals surface area contributed by atoms with Crippen molar-refractivity contribution in [1.82, 2.24) is 19.7 Å². The van der Waals surface area contributed by atoms with E-state index >= 15 is 0 Å². The van der Waals surface area contributed by atoms with Gasteiger partial charge in [0.2, 0.25) is 5.91 Å². The van der Waals surface area contributed by atoms with Gasteiger partial charge < -0.3 is 10.1 Å². The van der Waals surface area contributed by atoms with E-state index in [-0.39, 0.29) is 11.2 Å². The normalized spacial score (nSPS) is 12.8. The van der Waals surface area contributed by atoms with Gasteiger partial charge in [0.15, 0.2) is 22.2 Å². The van der Waals surface area contributed by atoms with E-state index in [1.807, 2.05) is 72.3 Å². The molecule has 0 aliphatic carbocycles. The number of ether oxygens (including phenoxy) is 1. The van der Waals surface area contributed by atoms with Gasteiger partial charge in [-0.15, -0.1) is 21.5 Å². The molecule has 0 saturated heterocycles. The Morgan fingerprint density at radius 2 is 1.94 bits per heavy atom. The van der Waals surface area contributed by atoms with Gasteiger partial charge in [0.1, 0.15) is 5.75 Å². The molecule has 4 aromatic rings. The number of thioether (sulfide) groups is 1. The monoisotopic (exact) mass is 499 g/mol. The number of benzene rings is 2. The number of nitrogens with one attached hydrogen (secondary N) is 1. The zero-order valence-corrected chi connectivity index (χ0v) is 20.4. The van der Waals surface area contributed by atoms with E-state index in [0.29, 0.717) is 33.3 Å². The van der Waals surface area contributed by atoms with E-state index in [4.69, 9.17) is 16.3 Å². The van der Waals surface area contributed by atoms with Crippen LogP contribution in [0.4, 0.5) is 5.13 Å². The molecule has 33 heavy (non-hydrogen) atoms. The molecule has 2 aromatic carbocycles. The number of hydrogen-bond donors (Lipinski definition) is 1. The van der Waals surface area contributed by atoms with Crippen LogP contribution in [0.2, 0.25) is 5.02 Å². The summed E-state index contributed by atoms with van der Waals surface area (Å²) in [6, 6.07) is 17.1. The minimum absolute atomic E-state index is 0.123. The molecule has 2 atom stereocenters. The Morgan fingerprint density at radius 1 is 1.18 bits per heavy atom. The summed E-state index contributed by atoms with van der Waals surface area (Å²) in [5.74, 6) is 1.05. The van der Waals surface area contributed by atoms with Gasteiger partial charge in [0.25, 0.3) is 0 Å². The first-order chi connectivity index (χ1) is 16.1. The summed E-state index contributed by atoms with van der Waals surface area (Å²) in [7, 11) is 0.